The number of rotatable bonds is 2. The minimum absolute atomic E-state index is 0.0912. The number of carbonyl (C=O) groups is 1. The molecule has 2 aromatic rings. The van der Waals surface area contributed by atoms with Crippen LogP contribution in [0.3, 0.4) is 0 Å². The first-order valence-corrected chi connectivity index (χ1v) is 5.60. The molecule has 0 unspecified atom stereocenters. The molecule has 1 amide bonds. The molecule has 0 aliphatic carbocycles. The van der Waals surface area contributed by atoms with Crippen molar-refractivity contribution in [1.82, 2.24) is 9.61 Å². The lowest BCUT2D eigenvalue weighted by molar-refractivity contribution is -0.136. The van der Waals surface area contributed by atoms with Crippen LogP contribution in [0.2, 0.25) is 0 Å². The Morgan fingerprint density at radius 1 is 1.42 bits per heavy atom. The van der Waals surface area contributed by atoms with Gasteiger partial charge in [0.15, 0.2) is 0 Å². The van der Waals surface area contributed by atoms with Gasteiger partial charge in [-0.1, -0.05) is 13.8 Å². The van der Waals surface area contributed by atoms with Crippen LogP contribution >= 0.6 is 0 Å². The summed E-state index contributed by atoms with van der Waals surface area (Å²) in [5.41, 5.74) is 4.60. The molecule has 0 saturated heterocycles. The second kappa shape index (κ2) is 4.25. The van der Waals surface area contributed by atoms with E-state index in [0.29, 0.717) is 0 Å². The smallest absolute Gasteiger partial charge is 0.366 e. The predicted octanol–water partition coefficient (Wildman–Crippen LogP) is 2.58. The number of pyridine rings is 1. The summed E-state index contributed by atoms with van der Waals surface area (Å²) in [6.45, 7) is 3.41. The maximum absolute atomic E-state index is 13.0. The second-order valence-corrected chi connectivity index (χ2v) is 4.51. The van der Waals surface area contributed by atoms with Crippen molar-refractivity contribution in [2.75, 3.05) is 0 Å². The van der Waals surface area contributed by atoms with Crippen molar-refractivity contribution in [1.29, 1.82) is 0 Å². The average molecular weight is 271 g/mol. The van der Waals surface area contributed by atoms with Gasteiger partial charge in [0, 0.05) is 11.8 Å². The molecule has 0 saturated carbocycles. The summed E-state index contributed by atoms with van der Waals surface area (Å²) in [6, 6.07) is 1.39. The number of aromatic nitrogens is 2. The molecule has 19 heavy (non-hydrogen) atoms. The maximum atomic E-state index is 13.0. The normalized spacial score (nSPS) is 12.3. The number of hydrogen-bond donors (Lipinski definition) is 1. The van der Waals surface area contributed by atoms with E-state index < -0.39 is 17.6 Å². The highest BCUT2D eigenvalue weighted by molar-refractivity contribution is 5.96. The second-order valence-electron chi connectivity index (χ2n) is 4.51. The lowest BCUT2D eigenvalue weighted by atomic mass is 9.95. The summed E-state index contributed by atoms with van der Waals surface area (Å²) in [4.78, 5) is 11.4. The number of fused-ring (bicyclic) bond motifs is 1. The zero-order chi connectivity index (χ0) is 14.4. The van der Waals surface area contributed by atoms with E-state index in [4.69, 9.17) is 5.73 Å². The van der Waals surface area contributed by atoms with Crippen molar-refractivity contribution in [3.05, 3.63) is 35.2 Å². The largest absolute Gasteiger partial charge is 0.420 e. The van der Waals surface area contributed by atoms with Crippen molar-refractivity contribution in [3.63, 3.8) is 0 Å². The molecule has 2 N–H and O–H groups in total. The van der Waals surface area contributed by atoms with Gasteiger partial charge in [-0.3, -0.25) is 4.79 Å². The summed E-state index contributed by atoms with van der Waals surface area (Å²) in [6.07, 6.45) is -2.47. The Balaban J connectivity index is 2.90. The van der Waals surface area contributed by atoms with E-state index in [9.17, 15) is 18.0 Å². The van der Waals surface area contributed by atoms with E-state index in [1.165, 1.54) is 12.3 Å². The van der Waals surface area contributed by atoms with E-state index in [1.807, 2.05) is 0 Å². The fraction of sp³-hybridized carbons (Fsp3) is 0.333. The minimum Gasteiger partial charge on any atom is -0.366 e. The molecule has 0 radical (unpaired) electrons. The fourth-order valence-corrected chi connectivity index (χ4v) is 2.11. The Hall–Kier alpha value is -2.05. The fourth-order valence-electron chi connectivity index (χ4n) is 2.11. The van der Waals surface area contributed by atoms with E-state index in [2.05, 4.69) is 5.10 Å². The van der Waals surface area contributed by atoms with Gasteiger partial charge in [0.1, 0.15) is 5.56 Å². The number of amides is 1. The van der Waals surface area contributed by atoms with Crippen LogP contribution < -0.4 is 5.73 Å². The number of alkyl halides is 3. The summed E-state index contributed by atoms with van der Waals surface area (Å²) in [5.74, 6) is -1.04. The molecule has 4 nitrogen and oxygen atoms in total. The quantitative estimate of drug-likeness (QED) is 0.912. The Bertz CT molecular complexity index is 643. The maximum Gasteiger partial charge on any atom is 0.420 e. The van der Waals surface area contributed by atoms with E-state index >= 15 is 0 Å². The van der Waals surface area contributed by atoms with Gasteiger partial charge < -0.3 is 5.73 Å². The van der Waals surface area contributed by atoms with Crippen LogP contribution in [0, 0.1) is 0 Å². The Labute approximate surface area is 107 Å². The third-order valence-corrected chi connectivity index (χ3v) is 2.87. The predicted molar refractivity (Wildman–Crippen MR) is 62.8 cm³/mol. The third kappa shape index (κ3) is 2.16. The average Bonchev–Trinajstić information content (AvgIpc) is 2.69. The minimum atomic E-state index is -4.53. The van der Waals surface area contributed by atoms with Gasteiger partial charge in [-0.05, 0) is 17.5 Å². The zero-order valence-electron chi connectivity index (χ0n) is 10.3. The molecule has 2 aromatic heterocycles. The lowest BCUT2D eigenvalue weighted by Crippen LogP contribution is -2.16. The molecule has 0 spiro atoms. The molecule has 2 rings (SSSR count). The monoisotopic (exact) mass is 271 g/mol. The van der Waals surface area contributed by atoms with Crippen molar-refractivity contribution in [3.8, 4) is 0 Å². The van der Waals surface area contributed by atoms with Gasteiger partial charge in [-0.2, -0.15) is 18.3 Å². The van der Waals surface area contributed by atoms with Crippen LogP contribution in [0.1, 0.15) is 41.3 Å². The van der Waals surface area contributed by atoms with Crippen LogP contribution in [-0.2, 0) is 6.18 Å². The van der Waals surface area contributed by atoms with Crippen LogP contribution in [0.25, 0.3) is 5.52 Å². The number of halogens is 3. The number of hydrogen-bond acceptors (Lipinski definition) is 2. The first-order chi connectivity index (χ1) is 8.73. The first kappa shape index (κ1) is 13.4. The number of nitrogens with zero attached hydrogens (tertiary/aromatic N) is 2. The highest BCUT2D eigenvalue weighted by Crippen LogP contribution is 2.36. The topological polar surface area (TPSA) is 60.4 Å². The Kier molecular flexibility index (Phi) is 3.00. The Morgan fingerprint density at radius 2 is 2.05 bits per heavy atom. The van der Waals surface area contributed by atoms with Crippen molar-refractivity contribution in [2.45, 2.75) is 25.9 Å². The van der Waals surface area contributed by atoms with E-state index in [0.717, 1.165) is 10.7 Å². The first-order valence-electron chi connectivity index (χ1n) is 5.60. The zero-order valence-corrected chi connectivity index (χ0v) is 10.3. The Morgan fingerprint density at radius 3 is 2.53 bits per heavy atom. The molecule has 2 heterocycles. The number of nitrogens with two attached hydrogens (primary N) is 1. The van der Waals surface area contributed by atoms with Gasteiger partial charge in [-0.25, -0.2) is 4.52 Å². The van der Waals surface area contributed by atoms with Crippen molar-refractivity contribution in [2.24, 2.45) is 5.73 Å². The van der Waals surface area contributed by atoms with Gasteiger partial charge in [-0.15, -0.1) is 0 Å². The molecular formula is C12H12F3N3O. The third-order valence-electron chi connectivity index (χ3n) is 2.87. The molecular weight excluding hydrogens is 259 g/mol. The number of primary amides is 1. The summed E-state index contributed by atoms with van der Waals surface area (Å²) < 4.78 is 40.0. The van der Waals surface area contributed by atoms with Gasteiger partial charge in [0.25, 0.3) is 0 Å². The van der Waals surface area contributed by atoms with Gasteiger partial charge in [0.05, 0.1) is 11.7 Å². The molecule has 0 bridgehead atoms. The van der Waals surface area contributed by atoms with Gasteiger partial charge >= 0.3 is 6.18 Å². The molecule has 0 fully saturated rings. The standard InChI is InChI=1S/C12H12F3N3O/c1-6(2)9-7(11(16)19)3-4-18-10(9)8(5-17-18)12(13,14)15/h3-6H,1-2H3,(H2,16,19). The molecule has 0 atom stereocenters. The highest BCUT2D eigenvalue weighted by atomic mass is 19.4. The van der Waals surface area contributed by atoms with Crippen LogP contribution in [-0.4, -0.2) is 15.5 Å². The summed E-state index contributed by atoms with van der Waals surface area (Å²) in [5, 5.41) is 3.67. The van der Waals surface area contributed by atoms with E-state index in [1.54, 1.807) is 13.8 Å². The molecule has 102 valence electrons. The van der Waals surface area contributed by atoms with Crippen molar-refractivity contribution >= 4 is 11.4 Å². The summed E-state index contributed by atoms with van der Waals surface area (Å²) >= 11 is 0. The van der Waals surface area contributed by atoms with Crippen LogP contribution in [0.5, 0.6) is 0 Å². The molecule has 7 heteroatoms. The molecule has 0 aromatic carbocycles. The summed E-state index contributed by atoms with van der Waals surface area (Å²) in [7, 11) is 0. The number of carbonyl (C=O) groups excluding carboxylic acids is 1. The highest BCUT2D eigenvalue weighted by Gasteiger charge is 2.36. The van der Waals surface area contributed by atoms with Gasteiger partial charge in [0.2, 0.25) is 5.91 Å². The van der Waals surface area contributed by atoms with Crippen molar-refractivity contribution < 1.29 is 18.0 Å². The van der Waals surface area contributed by atoms with E-state index in [-0.39, 0.29) is 22.6 Å². The van der Waals surface area contributed by atoms with Crippen LogP contribution in [0.4, 0.5) is 13.2 Å². The molecule has 0 aliphatic heterocycles. The lowest BCUT2D eigenvalue weighted by Gasteiger charge is -2.14. The molecule has 0 aliphatic rings. The van der Waals surface area contributed by atoms with Crippen LogP contribution in [0.15, 0.2) is 18.5 Å². The SMILES string of the molecule is CC(C)c1c(C(N)=O)ccn2ncc(C(F)(F)F)c12.